The summed E-state index contributed by atoms with van der Waals surface area (Å²) < 4.78 is 38.4. The van der Waals surface area contributed by atoms with E-state index in [1.54, 1.807) is 14.0 Å². The first-order valence-electron chi connectivity index (χ1n) is 7.07. The molecule has 2 rings (SSSR count). The topological polar surface area (TPSA) is 61.4 Å². The van der Waals surface area contributed by atoms with E-state index in [1.165, 1.54) is 29.4 Å². The van der Waals surface area contributed by atoms with E-state index < -0.39 is 29.3 Å². The number of carbonyl (C=O) groups is 2. The average Bonchev–Trinajstić information content (AvgIpc) is 2.54. The summed E-state index contributed by atoms with van der Waals surface area (Å²) in [7, 11) is 1.63. The quantitative estimate of drug-likeness (QED) is 0.650. The third kappa shape index (κ3) is 4.02. The summed E-state index contributed by atoms with van der Waals surface area (Å²) in [6.07, 6.45) is -0.773. The molecule has 1 aliphatic rings. The van der Waals surface area contributed by atoms with Crippen LogP contribution in [0.25, 0.3) is 0 Å². The van der Waals surface area contributed by atoms with Crippen LogP contribution >= 0.6 is 0 Å². The van der Waals surface area contributed by atoms with Gasteiger partial charge in [-0.05, 0) is 25.1 Å². The smallest absolute Gasteiger partial charge is 0.392 e. The number of nitrogens with zero attached hydrogens (tertiary/aromatic N) is 1. The van der Waals surface area contributed by atoms with E-state index in [0.717, 1.165) is 18.2 Å². The first-order valence-corrected chi connectivity index (χ1v) is 7.07. The predicted octanol–water partition coefficient (Wildman–Crippen LogP) is 2.17. The first-order chi connectivity index (χ1) is 11.2. The van der Waals surface area contributed by atoms with Gasteiger partial charge in [-0.1, -0.05) is 6.07 Å². The lowest BCUT2D eigenvalue weighted by molar-refractivity contribution is -0.137. The Bertz CT molecular complexity index is 711. The third-order valence-electron chi connectivity index (χ3n) is 3.43. The standard InChI is InChI=1S/C16H16F3N3O2/c1-10(20-2)8-14(24)15-13(23)6-7-22(21-15)12-5-3-4-11(9-12)16(17,18)19/h3-9,15,20-21H,1-2H3/b10-8+. The molecule has 0 spiro atoms. The van der Waals surface area contributed by atoms with E-state index in [2.05, 4.69) is 10.7 Å². The van der Waals surface area contributed by atoms with Crippen molar-refractivity contribution in [1.29, 1.82) is 0 Å². The molecule has 5 nitrogen and oxygen atoms in total. The van der Waals surface area contributed by atoms with Crippen molar-refractivity contribution >= 4 is 17.3 Å². The molecule has 1 aromatic rings. The Hall–Kier alpha value is -2.61. The minimum Gasteiger partial charge on any atom is -0.392 e. The van der Waals surface area contributed by atoms with Crippen molar-refractivity contribution in [3.8, 4) is 0 Å². The minimum atomic E-state index is -4.48. The summed E-state index contributed by atoms with van der Waals surface area (Å²) in [4.78, 5) is 24.0. The molecule has 0 aliphatic carbocycles. The maximum absolute atomic E-state index is 12.8. The van der Waals surface area contributed by atoms with Gasteiger partial charge < -0.3 is 5.32 Å². The molecule has 0 saturated carbocycles. The number of halogens is 3. The second-order valence-electron chi connectivity index (χ2n) is 5.18. The van der Waals surface area contributed by atoms with Gasteiger partial charge in [0.2, 0.25) is 0 Å². The number of hydrazine groups is 1. The molecule has 0 amide bonds. The van der Waals surface area contributed by atoms with Crippen molar-refractivity contribution in [3.05, 3.63) is 53.9 Å². The van der Waals surface area contributed by atoms with Crippen LogP contribution in [0, 0.1) is 0 Å². The number of alkyl halides is 3. The van der Waals surface area contributed by atoms with Crippen LogP contribution in [0.2, 0.25) is 0 Å². The van der Waals surface area contributed by atoms with Crippen LogP contribution in [-0.2, 0) is 15.8 Å². The lowest BCUT2D eigenvalue weighted by Crippen LogP contribution is -2.52. The molecule has 8 heteroatoms. The van der Waals surface area contributed by atoms with Gasteiger partial charge in [0.05, 0.1) is 11.3 Å². The number of carbonyl (C=O) groups excluding carboxylic acids is 2. The van der Waals surface area contributed by atoms with Crippen LogP contribution in [0.3, 0.4) is 0 Å². The second kappa shape index (κ2) is 6.88. The van der Waals surface area contributed by atoms with Gasteiger partial charge in [-0.2, -0.15) is 13.2 Å². The summed E-state index contributed by atoms with van der Waals surface area (Å²) in [5, 5.41) is 3.99. The van der Waals surface area contributed by atoms with Crippen LogP contribution in [-0.4, -0.2) is 24.7 Å². The summed E-state index contributed by atoms with van der Waals surface area (Å²) in [6, 6.07) is 3.39. The van der Waals surface area contributed by atoms with Crippen LogP contribution in [0.5, 0.6) is 0 Å². The van der Waals surface area contributed by atoms with Gasteiger partial charge in [0.25, 0.3) is 0 Å². The van der Waals surface area contributed by atoms with Crippen molar-refractivity contribution < 1.29 is 22.8 Å². The molecule has 0 aromatic heterocycles. The Morgan fingerprint density at radius 1 is 1.38 bits per heavy atom. The minimum absolute atomic E-state index is 0.167. The van der Waals surface area contributed by atoms with Crippen LogP contribution in [0.1, 0.15) is 12.5 Å². The zero-order chi connectivity index (χ0) is 17.9. The molecule has 1 atom stereocenters. The lowest BCUT2D eigenvalue weighted by atomic mass is 10.1. The molecular weight excluding hydrogens is 323 g/mol. The molecule has 1 unspecified atom stereocenters. The van der Waals surface area contributed by atoms with Gasteiger partial charge in [0, 0.05) is 31.1 Å². The fourth-order valence-electron chi connectivity index (χ4n) is 2.06. The van der Waals surface area contributed by atoms with Gasteiger partial charge in [-0.25, -0.2) is 5.43 Å². The number of hydrogen-bond acceptors (Lipinski definition) is 5. The van der Waals surface area contributed by atoms with E-state index in [4.69, 9.17) is 0 Å². The Balaban J connectivity index is 2.26. The number of anilines is 1. The van der Waals surface area contributed by atoms with Crippen molar-refractivity contribution in [2.24, 2.45) is 0 Å². The van der Waals surface area contributed by atoms with E-state index in [-0.39, 0.29) is 5.69 Å². The number of rotatable bonds is 4. The SMILES string of the molecule is CN/C(C)=C/C(=O)C1NN(c2cccc(C(F)(F)F)c2)C=CC1=O. The molecule has 128 valence electrons. The molecule has 0 bridgehead atoms. The lowest BCUT2D eigenvalue weighted by Gasteiger charge is -2.29. The summed E-state index contributed by atoms with van der Waals surface area (Å²) in [5.41, 5.74) is 2.55. The Kier molecular flexibility index (Phi) is 5.08. The zero-order valence-electron chi connectivity index (χ0n) is 13.0. The van der Waals surface area contributed by atoms with E-state index in [9.17, 15) is 22.8 Å². The number of ketones is 2. The van der Waals surface area contributed by atoms with Crippen LogP contribution in [0.15, 0.2) is 48.3 Å². The second-order valence-corrected chi connectivity index (χ2v) is 5.18. The van der Waals surface area contributed by atoms with Gasteiger partial charge in [-0.15, -0.1) is 0 Å². The highest BCUT2D eigenvalue weighted by molar-refractivity contribution is 6.15. The summed E-state index contributed by atoms with van der Waals surface area (Å²) >= 11 is 0. The highest BCUT2D eigenvalue weighted by Crippen LogP contribution is 2.31. The molecule has 0 saturated heterocycles. The highest BCUT2D eigenvalue weighted by atomic mass is 19.4. The number of hydrogen-bond donors (Lipinski definition) is 2. The normalized spacial score (nSPS) is 18.7. The molecule has 1 heterocycles. The highest BCUT2D eigenvalue weighted by Gasteiger charge is 2.32. The third-order valence-corrected chi connectivity index (χ3v) is 3.43. The molecule has 0 radical (unpaired) electrons. The van der Waals surface area contributed by atoms with Crippen LogP contribution in [0.4, 0.5) is 18.9 Å². The van der Waals surface area contributed by atoms with Gasteiger partial charge in [0.15, 0.2) is 17.6 Å². The molecule has 0 fully saturated rings. The van der Waals surface area contributed by atoms with Gasteiger partial charge in [0.1, 0.15) is 0 Å². The van der Waals surface area contributed by atoms with E-state index in [1.807, 2.05) is 0 Å². The molecule has 1 aromatic carbocycles. The maximum atomic E-state index is 12.8. The average molecular weight is 339 g/mol. The molecular formula is C16H16F3N3O2. The molecule has 1 aliphatic heterocycles. The van der Waals surface area contributed by atoms with Crippen molar-refractivity contribution in [3.63, 3.8) is 0 Å². The fraction of sp³-hybridized carbons (Fsp3) is 0.250. The number of nitrogens with one attached hydrogen (secondary N) is 2. The Labute approximate surface area is 136 Å². The van der Waals surface area contributed by atoms with Gasteiger partial charge in [-0.3, -0.25) is 14.6 Å². The number of benzene rings is 1. The molecule has 2 N–H and O–H groups in total. The van der Waals surface area contributed by atoms with Crippen molar-refractivity contribution in [2.75, 3.05) is 12.1 Å². The largest absolute Gasteiger partial charge is 0.416 e. The summed E-state index contributed by atoms with van der Waals surface area (Å²) in [6.45, 7) is 1.66. The van der Waals surface area contributed by atoms with E-state index >= 15 is 0 Å². The Morgan fingerprint density at radius 3 is 2.71 bits per heavy atom. The van der Waals surface area contributed by atoms with Crippen molar-refractivity contribution in [1.82, 2.24) is 10.7 Å². The maximum Gasteiger partial charge on any atom is 0.416 e. The van der Waals surface area contributed by atoms with Gasteiger partial charge >= 0.3 is 6.18 Å². The Morgan fingerprint density at radius 2 is 2.08 bits per heavy atom. The summed E-state index contributed by atoms with van der Waals surface area (Å²) in [5.74, 6) is -0.962. The fourth-order valence-corrected chi connectivity index (χ4v) is 2.06. The zero-order valence-corrected chi connectivity index (χ0v) is 13.0. The monoisotopic (exact) mass is 339 g/mol. The first kappa shape index (κ1) is 17.7. The number of allylic oxidation sites excluding steroid dienone is 1. The predicted molar refractivity (Wildman–Crippen MR) is 82.8 cm³/mol. The van der Waals surface area contributed by atoms with E-state index in [0.29, 0.717) is 5.70 Å². The molecule has 24 heavy (non-hydrogen) atoms. The van der Waals surface area contributed by atoms with Crippen LogP contribution < -0.4 is 15.8 Å². The van der Waals surface area contributed by atoms with Crippen molar-refractivity contribution in [2.45, 2.75) is 19.1 Å².